The molecule has 4 rings (SSSR count). The molecular weight excluding hydrogens is 426 g/mol. The molecule has 1 N–H and O–H groups in total. The van der Waals surface area contributed by atoms with Gasteiger partial charge in [-0.25, -0.2) is 0 Å². The minimum absolute atomic E-state index is 0.480. The molecule has 3 aliphatic rings. The van der Waals surface area contributed by atoms with E-state index in [1.54, 1.807) is 0 Å². The summed E-state index contributed by atoms with van der Waals surface area (Å²) in [5.74, 6) is 0.480. The Labute approximate surface area is 182 Å². The second-order valence-corrected chi connectivity index (χ2v) is 9.12. The largest absolute Gasteiger partial charge is 0.384 e. The van der Waals surface area contributed by atoms with Gasteiger partial charge in [-0.05, 0) is 72.8 Å². The molecule has 1 saturated heterocycles. The number of pyridine rings is 1. The zero-order chi connectivity index (χ0) is 20.1. The van der Waals surface area contributed by atoms with Crippen molar-refractivity contribution in [2.24, 2.45) is 15.9 Å². The maximum Gasteiger partial charge on any atom is 0.0824 e. The molecule has 0 spiro atoms. The average Bonchev–Trinajstić information content (AvgIpc) is 3.10. The summed E-state index contributed by atoms with van der Waals surface area (Å²) in [4.78, 5) is 16.3. The van der Waals surface area contributed by atoms with Gasteiger partial charge in [0.15, 0.2) is 0 Å². The minimum Gasteiger partial charge on any atom is -0.384 e. The molecule has 2 aliphatic heterocycles. The first-order valence-corrected chi connectivity index (χ1v) is 11.5. The molecule has 0 bridgehead atoms. The van der Waals surface area contributed by atoms with Gasteiger partial charge in [-0.1, -0.05) is 12.5 Å². The second kappa shape index (κ2) is 9.81. The first-order chi connectivity index (χ1) is 14.2. The number of rotatable bonds is 7. The molecule has 0 radical (unpaired) electrons. The highest BCUT2D eigenvalue weighted by atomic mass is 79.9. The Kier molecular flexibility index (Phi) is 6.93. The van der Waals surface area contributed by atoms with E-state index in [0.717, 1.165) is 35.0 Å². The first kappa shape index (κ1) is 20.5. The third-order valence-electron chi connectivity index (χ3n) is 6.11. The smallest absolute Gasteiger partial charge is 0.0824 e. The Bertz CT molecular complexity index is 823. The van der Waals surface area contributed by atoms with Gasteiger partial charge in [0.25, 0.3) is 0 Å². The lowest BCUT2D eigenvalue weighted by molar-refractivity contribution is 0.0923. The molecule has 1 atom stereocenters. The van der Waals surface area contributed by atoms with Crippen LogP contribution < -0.4 is 5.32 Å². The van der Waals surface area contributed by atoms with Crippen molar-refractivity contribution in [2.75, 3.05) is 19.6 Å². The van der Waals surface area contributed by atoms with Gasteiger partial charge in [0.05, 0.1) is 16.7 Å². The van der Waals surface area contributed by atoms with Crippen molar-refractivity contribution >= 4 is 27.9 Å². The zero-order valence-corrected chi connectivity index (χ0v) is 18.7. The molecule has 3 heterocycles. The van der Waals surface area contributed by atoms with E-state index in [1.165, 1.54) is 49.9 Å². The number of aliphatic imine (C=N–C) groups is 2. The summed E-state index contributed by atoms with van der Waals surface area (Å²) in [6.07, 6.45) is 14.4. The Hall–Kier alpha value is -1.79. The van der Waals surface area contributed by atoms with Gasteiger partial charge in [-0.15, -0.1) is 0 Å². The lowest BCUT2D eigenvalue weighted by Gasteiger charge is -2.42. The van der Waals surface area contributed by atoms with Gasteiger partial charge < -0.3 is 5.32 Å². The zero-order valence-electron chi connectivity index (χ0n) is 17.1. The van der Waals surface area contributed by atoms with E-state index in [0.29, 0.717) is 12.5 Å². The van der Waals surface area contributed by atoms with Crippen LogP contribution in [0.2, 0.25) is 0 Å². The summed E-state index contributed by atoms with van der Waals surface area (Å²) in [6, 6.07) is 4.87. The van der Waals surface area contributed by atoms with Crippen LogP contribution in [0.3, 0.4) is 0 Å². The number of halogens is 1. The SMILES string of the molecule is C/C(=C\C(=NC1=C(Br)C=NC1)C1CCCN(C2CCC2)C1)NCc1cccnc1. The summed E-state index contributed by atoms with van der Waals surface area (Å²) in [5, 5.41) is 3.53. The van der Waals surface area contributed by atoms with Crippen molar-refractivity contribution < 1.29 is 0 Å². The lowest BCUT2D eigenvalue weighted by Crippen LogP contribution is -2.47. The normalized spacial score (nSPS) is 24.1. The van der Waals surface area contributed by atoms with E-state index in [4.69, 9.17) is 4.99 Å². The number of likely N-dealkylation sites (tertiary alicyclic amines) is 1. The molecule has 1 aliphatic carbocycles. The van der Waals surface area contributed by atoms with Crippen molar-refractivity contribution in [1.29, 1.82) is 0 Å². The van der Waals surface area contributed by atoms with Gasteiger partial charge in [0.1, 0.15) is 0 Å². The fraction of sp³-hybridized carbons (Fsp3) is 0.522. The number of hydrogen-bond donors (Lipinski definition) is 1. The number of nitrogens with one attached hydrogen (secondary N) is 1. The fourth-order valence-corrected chi connectivity index (χ4v) is 4.56. The van der Waals surface area contributed by atoms with Gasteiger partial charge in [0, 0.05) is 55.1 Å². The number of piperidine rings is 1. The van der Waals surface area contributed by atoms with Crippen LogP contribution >= 0.6 is 15.9 Å². The number of allylic oxidation sites excluding steroid dienone is 3. The molecule has 0 amide bonds. The van der Waals surface area contributed by atoms with Crippen LogP contribution in [0.5, 0.6) is 0 Å². The molecule has 0 aromatic carbocycles. The number of nitrogens with zero attached hydrogens (tertiary/aromatic N) is 4. The molecule has 1 aromatic heterocycles. The topological polar surface area (TPSA) is 52.9 Å². The van der Waals surface area contributed by atoms with Crippen molar-refractivity contribution in [1.82, 2.24) is 15.2 Å². The summed E-state index contributed by atoms with van der Waals surface area (Å²) < 4.78 is 1.01. The molecule has 5 nitrogen and oxygen atoms in total. The van der Waals surface area contributed by atoms with Gasteiger partial charge >= 0.3 is 0 Å². The molecule has 1 aromatic rings. The Balaban J connectivity index is 1.50. The quantitative estimate of drug-likeness (QED) is 0.616. The molecule has 1 unspecified atom stereocenters. The van der Waals surface area contributed by atoms with Gasteiger partial charge in [-0.2, -0.15) is 0 Å². The van der Waals surface area contributed by atoms with E-state index in [-0.39, 0.29) is 0 Å². The summed E-state index contributed by atoms with van der Waals surface area (Å²) in [7, 11) is 0. The van der Waals surface area contributed by atoms with Crippen molar-refractivity contribution in [3.63, 3.8) is 0 Å². The molecule has 6 heteroatoms. The predicted molar refractivity (Wildman–Crippen MR) is 124 cm³/mol. The number of hydrogen-bond acceptors (Lipinski definition) is 5. The second-order valence-electron chi connectivity index (χ2n) is 8.26. The van der Waals surface area contributed by atoms with Crippen molar-refractivity contribution in [3.8, 4) is 0 Å². The standard InChI is InChI=1S/C23H30BrN5/c1-17(27-13-18-5-3-9-25-12-18)11-22(28-23-15-26-14-21(23)24)19-6-4-10-29(16-19)20-7-2-8-20/h3,5,9,11-12,14,19-20,27H,2,4,6-8,10,13,15-16H2,1H3/b17-11+,28-22?. The minimum atomic E-state index is 0.480. The Morgan fingerprint density at radius 2 is 2.24 bits per heavy atom. The maximum absolute atomic E-state index is 5.08. The van der Waals surface area contributed by atoms with Crippen LogP contribution in [-0.2, 0) is 6.54 Å². The highest BCUT2D eigenvalue weighted by Gasteiger charge is 2.31. The van der Waals surface area contributed by atoms with Crippen LogP contribution in [0.4, 0.5) is 0 Å². The van der Waals surface area contributed by atoms with Crippen LogP contribution in [-0.4, -0.2) is 47.5 Å². The van der Waals surface area contributed by atoms with Gasteiger partial charge in [-0.3, -0.25) is 19.9 Å². The highest BCUT2D eigenvalue weighted by molar-refractivity contribution is 9.12. The van der Waals surface area contributed by atoms with Crippen LogP contribution in [0, 0.1) is 5.92 Å². The summed E-state index contributed by atoms with van der Waals surface area (Å²) >= 11 is 3.61. The van der Waals surface area contributed by atoms with Crippen molar-refractivity contribution in [3.05, 3.63) is 52.0 Å². The van der Waals surface area contributed by atoms with Crippen LogP contribution in [0.1, 0.15) is 44.6 Å². The van der Waals surface area contributed by atoms with E-state index >= 15 is 0 Å². The third-order valence-corrected chi connectivity index (χ3v) is 6.77. The Morgan fingerprint density at radius 3 is 2.93 bits per heavy atom. The molecule has 1 saturated carbocycles. The Morgan fingerprint density at radius 1 is 1.34 bits per heavy atom. The summed E-state index contributed by atoms with van der Waals surface area (Å²) in [5.41, 5.74) is 4.55. The lowest BCUT2D eigenvalue weighted by atomic mass is 9.86. The monoisotopic (exact) mass is 455 g/mol. The van der Waals surface area contributed by atoms with E-state index in [9.17, 15) is 0 Å². The molecular formula is C23H30BrN5. The molecule has 2 fully saturated rings. The van der Waals surface area contributed by atoms with Gasteiger partial charge in [0.2, 0.25) is 0 Å². The molecule has 154 valence electrons. The fourth-order valence-electron chi connectivity index (χ4n) is 4.20. The number of aromatic nitrogens is 1. The predicted octanol–water partition coefficient (Wildman–Crippen LogP) is 4.47. The van der Waals surface area contributed by atoms with E-state index < -0.39 is 0 Å². The first-order valence-electron chi connectivity index (χ1n) is 10.7. The summed E-state index contributed by atoms with van der Waals surface area (Å²) in [6.45, 7) is 5.94. The highest BCUT2D eigenvalue weighted by Crippen LogP contribution is 2.30. The molecule has 29 heavy (non-hydrogen) atoms. The van der Waals surface area contributed by atoms with E-state index in [1.807, 2.05) is 24.7 Å². The van der Waals surface area contributed by atoms with Crippen LogP contribution in [0.25, 0.3) is 0 Å². The van der Waals surface area contributed by atoms with E-state index in [2.05, 4.69) is 55.2 Å². The third kappa shape index (κ3) is 5.43. The van der Waals surface area contributed by atoms with Crippen molar-refractivity contribution in [2.45, 2.75) is 51.6 Å². The average molecular weight is 456 g/mol. The maximum atomic E-state index is 5.08. The van der Waals surface area contributed by atoms with Crippen LogP contribution in [0.15, 0.2) is 56.5 Å².